The first-order chi connectivity index (χ1) is 10.4. The Balaban J connectivity index is 1.56. The molecule has 1 aliphatic carbocycles. The molecule has 1 saturated carbocycles. The summed E-state index contributed by atoms with van der Waals surface area (Å²) in [6.07, 6.45) is 13.7. The van der Waals surface area contributed by atoms with Crippen LogP contribution in [-0.2, 0) is 6.54 Å². The molecule has 0 amide bonds. The van der Waals surface area contributed by atoms with Gasteiger partial charge in [0.15, 0.2) is 0 Å². The fourth-order valence-corrected chi connectivity index (χ4v) is 2.47. The van der Waals surface area contributed by atoms with Crippen LogP contribution in [0.1, 0.15) is 24.7 Å². The molecule has 0 aliphatic heterocycles. The van der Waals surface area contributed by atoms with Crippen molar-refractivity contribution in [3.63, 3.8) is 0 Å². The normalized spacial score (nSPS) is 14.3. The van der Waals surface area contributed by atoms with Crippen molar-refractivity contribution in [1.82, 2.24) is 24.3 Å². The highest BCUT2D eigenvalue weighted by atomic mass is 15.3. The summed E-state index contributed by atoms with van der Waals surface area (Å²) in [5.74, 6) is 1.06. The third-order valence-corrected chi connectivity index (χ3v) is 3.68. The largest absolute Gasteiger partial charge is 0.375 e. The first-order valence-electron chi connectivity index (χ1n) is 7.11. The Labute approximate surface area is 122 Å². The molecule has 0 atom stereocenters. The smallest absolute Gasteiger partial charge is 0.128 e. The van der Waals surface area contributed by atoms with Gasteiger partial charge < -0.3 is 9.88 Å². The Hall–Kier alpha value is -2.63. The van der Waals surface area contributed by atoms with Gasteiger partial charge in [0, 0.05) is 37.0 Å². The summed E-state index contributed by atoms with van der Waals surface area (Å²) >= 11 is 0. The highest BCUT2D eigenvalue weighted by Gasteiger charge is 2.25. The van der Waals surface area contributed by atoms with Gasteiger partial charge in [-0.1, -0.05) is 0 Å². The summed E-state index contributed by atoms with van der Waals surface area (Å²) in [6, 6.07) is 4.50. The maximum Gasteiger partial charge on any atom is 0.128 e. The van der Waals surface area contributed by atoms with E-state index in [1.807, 2.05) is 35.4 Å². The van der Waals surface area contributed by atoms with E-state index in [0.29, 0.717) is 12.6 Å². The van der Waals surface area contributed by atoms with Crippen molar-refractivity contribution in [3.05, 3.63) is 55.1 Å². The van der Waals surface area contributed by atoms with Gasteiger partial charge in [-0.05, 0) is 25.0 Å². The minimum absolute atomic E-state index is 0.642. The number of imidazole rings is 1. The lowest BCUT2D eigenvalue weighted by Gasteiger charge is -2.12. The Morgan fingerprint density at radius 1 is 1.19 bits per heavy atom. The number of hydrogen-bond donors (Lipinski definition) is 1. The molecule has 1 fully saturated rings. The van der Waals surface area contributed by atoms with Gasteiger partial charge in [0.2, 0.25) is 0 Å². The molecule has 1 aliphatic rings. The quantitative estimate of drug-likeness (QED) is 0.779. The molecule has 4 rings (SSSR count). The number of nitrogens with one attached hydrogen (secondary N) is 1. The van der Waals surface area contributed by atoms with Gasteiger partial charge in [-0.3, -0.25) is 4.98 Å². The van der Waals surface area contributed by atoms with Crippen molar-refractivity contribution >= 4 is 5.69 Å². The third-order valence-electron chi connectivity index (χ3n) is 3.68. The van der Waals surface area contributed by atoms with E-state index in [2.05, 4.69) is 31.1 Å². The molecule has 0 unspecified atom stereocenters. The predicted octanol–water partition coefficient (Wildman–Crippen LogP) is 2.41. The minimum atomic E-state index is 0.642. The molecule has 106 valence electrons. The monoisotopic (exact) mass is 280 g/mol. The zero-order valence-corrected chi connectivity index (χ0v) is 11.6. The summed E-state index contributed by atoms with van der Waals surface area (Å²) in [5, 5.41) is 7.70. The summed E-state index contributed by atoms with van der Waals surface area (Å²) in [7, 11) is 0. The topological polar surface area (TPSA) is 60.6 Å². The Bertz CT molecular complexity index is 726. The summed E-state index contributed by atoms with van der Waals surface area (Å²) < 4.78 is 4.09. The SMILES string of the molecule is c1cnn(-c2ccncc2NCc2nccn2C2CC2)c1. The number of nitrogens with zero attached hydrogens (tertiary/aromatic N) is 5. The van der Waals surface area contributed by atoms with Crippen LogP contribution in [0.2, 0.25) is 0 Å². The van der Waals surface area contributed by atoms with E-state index in [1.54, 1.807) is 12.4 Å². The molecule has 6 nitrogen and oxygen atoms in total. The van der Waals surface area contributed by atoms with E-state index in [4.69, 9.17) is 0 Å². The Morgan fingerprint density at radius 3 is 2.95 bits per heavy atom. The van der Waals surface area contributed by atoms with Gasteiger partial charge in [-0.2, -0.15) is 5.10 Å². The van der Waals surface area contributed by atoms with Crippen LogP contribution in [-0.4, -0.2) is 24.3 Å². The van der Waals surface area contributed by atoms with Gasteiger partial charge >= 0.3 is 0 Å². The highest BCUT2D eigenvalue weighted by molar-refractivity contribution is 5.58. The molecular formula is C15H16N6. The van der Waals surface area contributed by atoms with Crippen molar-refractivity contribution in [3.8, 4) is 5.69 Å². The fraction of sp³-hybridized carbons (Fsp3) is 0.267. The second kappa shape index (κ2) is 5.05. The standard InChI is InChI=1S/C15H16N6/c1-5-19-21(8-1)14-4-6-16-10-13(14)18-11-15-17-7-9-20(15)12-2-3-12/h1,4-10,12,18H,2-3,11H2. The van der Waals surface area contributed by atoms with Crippen molar-refractivity contribution in [1.29, 1.82) is 0 Å². The number of rotatable bonds is 5. The van der Waals surface area contributed by atoms with E-state index in [1.165, 1.54) is 12.8 Å². The van der Waals surface area contributed by atoms with Crippen LogP contribution in [0.5, 0.6) is 0 Å². The van der Waals surface area contributed by atoms with Crippen LogP contribution in [0.15, 0.2) is 49.3 Å². The van der Waals surface area contributed by atoms with Crippen LogP contribution in [0.4, 0.5) is 5.69 Å². The maximum absolute atomic E-state index is 4.44. The molecule has 0 saturated heterocycles. The zero-order valence-electron chi connectivity index (χ0n) is 11.6. The third kappa shape index (κ3) is 2.40. The average Bonchev–Trinajstić information content (AvgIpc) is 3.04. The van der Waals surface area contributed by atoms with Gasteiger partial charge in [-0.15, -0.1) is 0 Å². The second-order valence-corrected chi connectivity index (χ2v) is 5.18. The van der Waals surface area contributed by atoms with Gasteiger partial charge in [0.25, 0.3) is 0 Å². The lowest BCUT2D eigenvalue weighted by molar-refractivity contribution is 0.690. The molecule has 3 heterocycles. The molecule has 0 aromatic carbocycles. The average molecular weight is 280 g/mol. The molecule has 3 aromatic heterocycles. The summed E-state index contributed by atoms with van der Waals surface area (Å²) in [5.41, 5.74) is 1.94. The van der Waals surface area contributed by atoms with E-state index in [0.717, 1.165) is 17.2 Å². The van der Waals surface area contributed by atoms with Crippen molar-refractivity contribution in [2.45, 2.75) is 25.4 Å². The van der Waals surface area contributed by atoms with Gasteiger partial charge in [0.1, 0.15) is 5.82 Å². The van der Waals surface area contributed by atoms with Crippen molar-refractivity contribution < 1.29 is 0 Å². The maximum atomic E-state index is 4.44. The molecule has 1 N–H and O–H groups in total. The second-order valence-electron chi connectivity index (χ2n) is 5.18. The number of hydrogen-bond acceptors (Lipinski definition) is 4. The molecule has 6 heteroatoms. The number of aromatic nitrogens is 5. The highest BCUT2D eigenvalue weighted by Crippen LogP contribution is 2.35. The number of pyridine rings is 1. The fourth-order valence-electron chi connectivity index (χ4n) is 2.47. The van der Waals surface area contributed by atoms with Gasteiger partial charge in [0.05, 0.1) is 24.1 Å². The zero-order chi connectivity index (χ0) is 14.1. The number of anilines is 1. The predicted molar refractivity (Wildman–Crippen MR) is 79.2 cm³/mol. The van der Waals surface area contributed by atoms with E-state index >= 15 is 0 Å². The van der Waals surface area contributed by atoms with Crippen LogP contribution in [0.25, 0.3) is 5.69 Å². The van der Waals surface area contributed by atoms with E-state index < -0.39 is 0 Å². The molecule has 21 heavy (non-hydrogen) atoms. The van der Waals surface area contributed by atoms with Crippen molar-refractivity contribution in [2.24, 2.45) is 0 Å². The summed E-state index contributed by atoms with van der Waals surface area (Å²) in [4.78, 5) is 8.64. The first-order valence-corrected chi connectivity index (χ1v) is 7.11. The van der Waals surface area contributed by atoms with Crippen molar-refractivity contribution in [2.75, 3.05) is 5.32 Å². The molecule has 0 radical (unpaired) electrons. The first kappa shape index (κ1) is 12.1. The Kier molecular flexibility index (Phi) is 2.92. The Morgan fingerprint density at radius 2 is 2.14 bits per heavy atom. The van der Waals surface area contributed by atoms with Crippen LogP contribution in [0.3, 0.4) is 0 Å². The summed E-state index contributed by atoms with van der Waals surface area (Å²) in [6.45, 7) is 0.684. The minimum Gasteiger partial charge on any atom is -0.375 e. The molecule has 3 aromatic rings. The van der Waals surface area contributed by atoms with Gasteiger partial charge in [-0.25, -0.2) is 9.67 Å². The lowest BCUT2D eigenvalue weighted by Crippen LogP contribution is -2.09. The molecular weight excluding hydrogens is 264 g/mol. The molecule has 0 bridgehead atoms. The van der Waals surface area contributed by atoms with Crippen LogP contribution >= 0.6 is 0 Å². The van der Waals surface area contributed by atoms with Crippen LogP contribution < -0.4 is 5.32 Å². The van der Waals surface area contributed by atoms with E-state index in [9.17, 15) is 0 Å². The lowest BCUT2D eigenvalue weighted by atomic mass is 10.3. The molecule has 0 spiro atoms. The van der Waals surface area contributed by atoms with Crippen LogP contribution in [0, 0.1) is 0 Å². The van der Waals surface area contributed by atoms with E-state index in [-0.39, 0.29) is 0 Å².